The quantitative estimate of drug-likeness (QED) is 0.588. The topological polar surface area (TPSA) is 110 Å². The molecule has 0 amide bonds. The summed E-state index contributed by atoms with van der Waals surface area (Å²) in [5.41, 5.74) is -0.229. The van der Waals surface area contributed by atoms with Gasteiger partial charge in [-0.3, -0.25) is 14.5 Å². The first-order valence-corrected chi connectivity index (χ1v) is 7.39. The number of nitrogens with zero attached hydrogens (tertiary/aromatic N) is 3. The van der Waals surface area contributed by atoms with Crippen LogP contribution in [-0.2, 0) is 13.0 Å². The zero-order chi connectivity index (χ0) is 16.5. The second kappa shape index (κ2) is 5.65. The molecule has 4 rings (SSSR count). The number of hydrogen-bond acceptors (Lipinski definition) is 5. The van der Waals surface area contributed by atoms with E-state index in [9.17, 15) is 9.59 Å². The predicted molar refractivity (Wildman–Crippen MR) is 86.6 cm³/mol. The Bertz CT molecular complexity index is 1100. The molecule has 2 N–H and O–H groups in total. The van der Waals surface area contributed by atoms with Crippen molar-refractivity contribution in [2.45, 2.75) is 13.0 Å². The lowest BCUT2D eigenvalue weighted by Gasteiger charge is -2.04. The van der Waals surface area contributed by atoms with Gasteiger partial charge in [0.25, 0.3) is 5.56 Å². The molecule has 3 heterocycles. The van der Waals surface area contributed by atoms with Crippen LogP contribution in [0.4, 0.5) is 0 Å². The summed E-state index contributed by atoms with van der Waals surface area (Å²) in [5, 5.41) is 7.33. The SMILES string of the molecule is O=c1[nH]c2ccccc2c(=O)n1CCc1nc(-c2ccco2)n[nH]1. The Kier molecular flexibility index (Phi) is 3.34. The van der Waals surface area contributed by atoms with Crippen molar-refractivity contribution in [3.63, 3.8) is 0 Å². The highest BCUT2D eigenvalue weighted by molar-refractivity contribution is 5.76. The summed E-state index contributed by atoms with van der Waals surface area (Å²) in [7, 11) is 0. The van der Waals surface area contributed by atoms with E-state index in [1.807, 2.05) is 0 Å². The molecule has 4 aromatic rings. The zero-order valence-corrected chi connectivity index (χ0v) is 12.5. The Morgan fingerprint density at radius 1 is 1.12 bits per heavy atom. The number of rotatable bonds is 4. The fraction of sp³-hybridized carbons (Fsp3) is 0.125. The third-order valence-corrected chi connectivity index (χ3v) is 3.73. The van der Waals surface area contributed by atoms with Gasteiger partial charge in [0.1, 0.15) is 5.82 Å². The summed E-state index contributed by atoms with van der Waals surface area (Å²) < 4.78 is 6.39. The number of furan rings is 1. The van der Waals surface area contributed by atoms with Gasteiger partial charge in [0.05, 0.1) is 17.2 Å². The predicted octanol–water partition coefficient (Wildman–Crippen LogP) is 1.31. The molecule has 0 fully saturated rings. The van der Waals surface area contributed by atoms with E-state index in [1.165, 1.54) is 0 Å². The number of aromatic nitrogens is 5. The molecular weight excluding hydrogens is 310 g/mol. The van der Waals surface area contributed by atoms with Gasteiger partial charge in [0.15, 0.2) is 5.76 Å². The smallest absolute Gasteiger partial charge is 0.328 e. The number of nitrogens with one attached hydrogen (secondary N) is 2. The monoisotopic (exact) mass is 323 g/mol. The van der Waals surface area contributed by atoms with E-state index in [-0.39, 0.29) is 12.1 Å². The summed E-state index contributed by atoms with van der Waals surface area (Å²) in [6.07, 6.45) is 1.91. The third-order valence-electron chi connectivity index (χ3n) is 3.73. The lowest BCUT2D eigenvalue weighted by atomic mass is 10.2. The maximum absolute atomic E-state index is 12.4. The minimum atomic E-state index is -0.440. The fourth-order valence-corrected chi connectivity index (χ4v) is 2.54. The van der Waals surface area contributed by atoms with Gasteiger partial charge in [-0.15, -0.1) is 0 Å². The molecule has 3 aromatic heterocycles. The van der Waals surface area contributed by atoms with Crippen LogP contribution in [0.5, 0.6) is 0 Å². The van der Waals surface area contributed by atoms with Crippen molar-refractivity contribution in [3.8, 4) is 11.6 Å². The Labute approximate surface area is 134 Å². The summed E-state index contributed by atoms with van der Waals surface area (Å²) in [6, 6.07) is 10.4. The maximum atomic E-state index is 12.4. The van der Waals surface area contributed by atoms with Crippen LogP contribution in [0.3, 0.4) is 0 Å². The molecule has 0 unspecified atom stereocenters. The molecule has 8 heteroatoms. The highest BCUT2D eigenvalue weighted by atomic mass is 16.3. The molecule has 8 nitrogen and oxygen atoms in total. The Balaban J connectivity index is 1.61. The first kappa shape index (κ1) is 14.2. The van der Waals surface area contributed by atoms with Crippen LogP contribution in [0.25, 0.3) is 22.5 Å². The molecule has 0 aliphatic rings. The number of hydrogen-bond donors (Lipinski definition) is 2. The lowest BCUT2D eigenvalue weighted by Crippen LogP contribution is -2.35. The van der Waals surface area contributed by atoms with Gasteiger partial charge in [-0.05, 0) is 24.3 Å². The number of para-hydroxylation sites is 1. The van der Waals surface area contributed by atoms with Crippen molar-refractivity contribution in [3.05, 3.63) is 69.3 Å². The Morgan fingerprint density at radius 3 is 2.83 bits per heavy atom. The van der Waals surface area contributed by atoms with Crippen molar-refractivity contribution >= 4 is 10.9 Å². The highest BCUT2D eigenvalue weighted by Gasteiger charge is 2.11. The molecule has 0 saturated heterocycles. The molecule has 120 valence electrons. The van der Waals surface area contributed by atoms with Gasteiger partial charge in [-0.1, -0.05) is 12.1 Å². The second-order valence-electron chi connectivity index (χ2n) is 5.27. The molecule has 0 atom stereocenters. The summed E-state index contributed by atoms with van der Waals surface area (Å²) in [6.45, 7) is 0.200. The molecule has 0 aliphatic heterocycles. The van der Waals surface area contributed by atoms with Gasteiger partial charge in [0, 0.05) is 13.0 Å². The third kappa shape index (κ3) is 2.43. The average Bonchev–Trinajstić information content (AvgIpc) is 3.26. The van der Waals surface area contributed by atoms with Crippen molar-refractivity contribution in [1.82, 2.24) is 24.7 Å². The van der Waals surface area contributed by atoms with Crippen LogP contribution in [0.15, 0.2) is 56.7 Å². The van der Waals surface area contributed by atoms with Crippen LogP contribution < -0.4 is 11.2 Å². The number of fused-ring (bicyclic) bond motifs is 1. The van der Waals surface area contributed by atoms with Crippen LogP contribution in [0, 0.1) is 0 Å². The van der Waals surface area contributed by atoms with E-state index in [1.54, 1.807) is 42.7 Å². The van der Waals surface area contributed by atoms with Crippen molar-refractivity contribution < 1.29 is 4.42 Å². The molecular formula is C16H13N5O3. The van der Waals surface area contributed by atoms with Crippen molar-refractivity contribution in [2.24, 2.45) is 0 Å². The number of aryl methyl sites for hydroxylation is 1. The molecule has 0 bridgehead atoms. The van der Waals surface area contributed by atoms with E-state index in [4.69, 9.17) is 4.42 Å². The Morgan fingerprint density at radius 2 is 2.00 bits per heavy atom. The molecule has 1 aromatic carbocycles. The van der Waals surface area contributed by atoms with Gasteiger partial charge >= 0.3 is 5.69 Å². The van der Waals surface area contributed by atoms with E-state index in [2.05, 4.69) is 20.2 Å². The van der Waals surface area contributed by atoms with Gasteiger partial charge in [-0.25, -0.2) is 9.78 Å². The van der Waals surface area contributed by atoms with Crippen LogP contribution in [0.1, 0.15) is 5.82 Å². The van der Waals surface area contributed by atoms with E-state index in [0.717, 1.165) is 4.57 Å². The van der Waals surface area contributed by atoms with Crippen molar-refractivity contribution in [1.29, 1.82) is 0 Å². The first-order valence-electron chi connectivity index (χ1n) is 7.39. The standard InChI is InChI=1S/C16H13N5O3/c22-15-10-4-1-2-5-11(10)17-16(23)21(15)8-7-13-18-14(20-19-13)12-6-3-9-24-12/h1-6,9H,7-8H2,(H,17,23)(H,18,19,20). The number of aromatic amines is 2. The number of H-pyrrole nitrogens is 2. The first-order chi connectivity index (χ1) is 11.7. The van der Waals surface area contributed by atoms with Crippen molar-refractivity contribution in [2.75, 3.05) is 0 Å². The number of benzene rings is 1. The zero-order valence-electron chi connectivity index (χ0n) is 12.5. The fourth-order valence-electron chi connectivity index (χ4n) is 2.54. The summed E-state index contributed by atoms with van der Waals surface area (Å²) in [4.78, 5) is 31.6. The molecule has 0 saturated carbocycles. The molecule has 0 spiro atoms. The minimum absolute atomic E-state index is 0.200. The van der Waals surface area contributed by atoms with Crippen LogP contribution in [-0.4, -0.2) is 24.7 Å². The maximum Gasteiger partial charge on any atom is 0.328 e. The minimum Gasteiger partial charge on any atom is -0.461 e. The lowest BCUT2D eigenvalue weighted by molar-refractivity contribution is 0.577. The summed E-state index contributed by atoms with van der Waals surface area (Å²) >= 11 is 0. The average molecular weight is 323 g/mol. The normalized spacial score (nSPS) is 11.2. The molecule has 0 radical (unpaired) electrons. The van der Waals surface area contributed by atoms with E-state index in [0.29, 0.717) is 34.7 Å². The summed E-state index contributed by atoms with van der Waals surface area (Å²) in [5.74, 6) is 1.56. The largest absolute Gasteiger partial charge is 0.461 e. The van der Waals surface area contributed by atoms with Gasteiger partial charge in [0.2, 0.25) is 5.82 Å². The second-order valence-corrected chi connectivity index (χ2v) is 5.27. The molecule has 0 aliphatic carbocycles. The molecule has 24 heavy (non-hydrogen) atoms. The van der Waals surface area contributed by atoms with Crippen LogP contribution in [0.2, 0.25) is 0 Å². The van der Waals surface area contributed by atoms with E-state index >= 15 is 0 Å². The highest BCUT2D eigenvalue weighted by Crippen LogP contribution is 2.14. The van der Waals surface area contributed by atoms with Gasteiger partial charge in [-0.2, -0.15) is 5.10 Å². The van der Waals surface area contributed by atoms with E-state index < -0.39 is 5.69 Å². The Hall–Kier alpha value is -3.42. The van der Waals surface area contributed by atoms with Crippen LogP contribution >= 0.6 is 0 Å². The van der Waals surface area contributed by atoms with Gasteiger partial charge < -0.3 is 9.40 Å².